The Morgan fingerprint density at radius 1 is 0.724 bits per heavy atom. The molecule has 1 saturated heterocycles. The van der Waals surface area contributed by atoms with Crippen LogP contribution in [0.3, 0.4) is 0 Å². The fourth-order valence-electron chi connectivity index (χ4n) is 4.38. The monoisotopic (exact) mass is 421 g/mol. The van der Waals surface area contributed by atoms with Gasteiger partial charge in [-0.25, -0.2) is 0 Å². The van der Waals surface area contributed by atoms with E-state index < -0.39 is 0 Å². The third-order valence-electron chi connectivity index (χ3n) is 5.81. The second-order valence-corrected chi connectivity index (χ2v) is 8.26. The number of hydrogen-bond acceptors (Lipinski definition) is 3. The van der Waals surface area contributed by atoms with Crippen molar-refractivity contribution in [3.05, 3.63) is 93.5 Å². The highest BCUT2D eigenvalue weighted by Gasteiger charge is 2.33. The molecule has 146 valence electrons. The zero-order valence-electron chi connectivity index (χ0n) is 15.9. The molecule has 1 fully saturated rings. The van der Waals surface area contributed by atoms with Crippen LogP contribution in [-0.2, 0) is 0 Å². The molecule has 0 atom stereocenters. The van der Waals surface area contributed by atoms with Crippen LogP contribution >= 0.6 is 23.2 Å². The maximum atomic E-state index is 6.25. The summed E-state index contributed by atoms with van der Waals surface area (Å²) >= 11 is 12.5. The van der Waals surface area contributed by atoms with Crippen LogP contribution in [0.15, 0.2) is 71.8 Å². The van der Waals surface area contributed by atoms with Gasteiger partial charge in [0.25, 0.3) is 0 Å². The third kappa shape index (κ3) is 3.44. The van der Waals surface area contributed by atoms with E-state index in [9.17, 15) is 0 Å². The van der Waals surface area contributed by atoms with E-state index in [0.29, 0.717) is 16.1 Å². The van der Waals surface area contributed by atoms with Crippen molar-refractivity contribution in [2.24, 2.45) is 5.10 Å². The molecule has 3 aromatic carbocycles. The Labute approximate surface area is 181 Å². The molecule has 0 N–H and O–H groups in total. The molecule has 0 saturated carbocycles. The van der Waals surface area contributed by atoms with Gasteiger partial charge in [-0.15, -0.1) is 0 Å². The minimum Gasteiger partial charge on any atom is -0.294 e. The summed E-state index contributed by atoms with van der Waals surface area (Å²) in [7, 11) is 0. The van der Waals surface area contributed by atoms with Gasteiger partial charge in [0, 0.05) is 31.7 Å². The van der Waals surface area contributed by atoms with Crippen molar-refractivity contribution in [2.75, 3.05) is 26.2 Å². The maximum Gasteiger partial charge on any atom is 0.0615 e. The molecule has 0 amide bonds. The molecule has 3 nitrogen and oxygen atoms in total. The largest absolute Gasteiger partial charge is 0.294 e. The lowest BCUT2D eigenvalue weighted by atomic mass is 10.0. The molecular formula is C24H21Cl2N3. The average Bonchev–Trinajstić information content (AvgIpc) is 3.08. The standard InChI is InChI=1S/C24H21Cl2N3/c25-22-10-5-11-23(26)21(22)16-27-29-14-12-28(13-15-29)24-19-8-3-1-6-17(19)18-7-2-4-9-20(18)24/h1-11,16,24H,12-15H2. The first kappa shape index (κ1) is 18.7. The molecule has 0 radical (unpaired) electrons. The number of hydrazone groups is 1. The van der Waals surface area contributed by atoms with Crippen molar-refractivity contribution in [1.29, 1.82) is 0 Å². The highest BCUT2D eigenvalue weighted by molar-refractivity contribution is 6.38. The van der Waals surface area contributed by atoms with E-state index in [2.05, 4.69) is 63.5 Å². The van der Waals surface area contributed by atoms with Gasteiger partial charge in [0.2, 0.25) is 0 Å². The van der Waals surface area contributed by atoms with Gasteiger partial charge in [-0.05, 0) is 34.4 Å². The van der Waals surface area contributed by atoms with Crippen molar-refractivity contribution in [2.45, 2.75) is 6.04 Å². The lowest BCUT2D eigenvalue weighted by Gasteiger charge is -2.37. The van der Waals surface area contributed by atoms with Gasteiger partial charge >= 0.3 is 0 Å². The SMILES string of the molecule is Clc1cccc(Cl)c1C=NN1CCN(C2c3ccccc3-c3ccccc32)CC1. The van der Waals surface area contributed by atoms with E-state index in [0.717, 1.165) is 31.7 Å². The van der Waals surface area contributed by atoms with Gasteiger partial charge < -0.3 is 0 Å². The Kier molecular flexibility index (Phi) is 5.04. The van der Waals surface area contributed by atoms with Crippen molar-refractivity contribution < 1.29 is 0 Å². The predicted molar refractivity (Wildman–Crippen MR) is 121 cm³/mol. The van der Waals surface area contributed by atoms with Gasteiger partial charge in [0.15, 0.2) is 0 Å². The lowest BCUT2D eigenvalue weighted by Crippen LogP contribution is -2.45. The second-order valence-electron chi connectivity index (χ2n) is 7.45. The number of nitrogens with zero attached hydrogens (tertiary/aromatic N) is 3. The first-order valence-electron chi connectivity index (χ1n) is 9.87. The molecule has 29 heavy (non-hydrogen) atoms. The van der Waals surface area contributed by atoms with Gasteiger partial charge in [0.05, 0.1) is 22.3 Å². The minimum absolute atomic E-state index is 0.326. The first-order valence-corrected chi connectivity index (χ1v) is 10.6. The van der Waals surface area contributed by atoms with Crippen molar-refractivity contribution in [3.63, 3.8) is 0 Å². The van der Waals surface area contributed by atoms with Gasteiger partial charge in [-0.2, -0.15) is 5.10 Å². The van der Waals surface area contributed by atoms with Crippen LogP contribution in [0.25, 0.3) is 11.1 Å². The Hall–Kier alpha value is -2.33. The topological polar surface area (TPSA) is 18.8 Å². The molecule has 1 aliphatic carbocycles. The fourth-order valence-corrected chi connectivity index (χ4v) is 4.88. The summed E-state index contributed by atoms with van der Waals surface area (Å²) in [4.78, 5) is 2.57. The fraction of sp³-hybridized carbons (Fsp3) is 0.208. The third-order valence-corrected chi connectivity index (χ3v) is 6.47. The smallest absolute Gasteiger partial charge is 0.0615 e. The highest BCUT2D eigenvalue weighted by Crippen LogP contribution is 2.46. The second kappa shape index (κ2) is 7.83. The molecular weight excluding hydrogens is 401 g/mol. The molecule has 1 heterocycles. The van der Waals surface area contributed by atoms with E-state index in [1.54, 1.807) is 6.21 Å². The number of benzene rings is 3. The molecule has 0 unspecified atom stereocenters. The van der Waals surface area contributed by atoms with E-state index in [-0.39, 0.29) is 0 Å². The number of hydrogen-bond donors (Lipinski definition) is 0. The summed E-state index contributed by atoms with van der Waals surface area (Å²) < 4.78 is 0. The zero-order valence-corrected chi connectivity index (χ0v) is 17.4. The molecule has 0 aromatic heterocycles. The molecule has 5 heteroatoms. The van der Waals surface area contributed by atoms with E-state index in [4.69, 9.17) is 23.2 Å². The molecule has 1 aliphatic heterocycles. The molecule has 0 bridgehead atoms. The van der Waals surface area contributed by atoms with Crippen LogP contribution in [-0.4, -0.2) is 42.3 Å². The van der Waals surface area contributed by atoms with Crippen molar-refractivity contribution in [1.82, 2.24) is 9.91 Å². The molecule has 5 rings (SSSR count). The van der Waals surface area contributed by atoms with Crippen molar-refractivity contribution in [3.8, 4) is 11.1 Å². The number of rotatable bonds is 3. The highest BCUT2D eigenvalue weighted by atomic mass is 35.5. The summed E-state index contributed by atoms with van der Waals surface area (Å²) in [5.41, 5.74) is 6.32. The zero-order chi connectivity index (χ0) is 19.8. The Balaban J connectivity index is 1.33. The summed E-state index contributed by atoms with van der Waals surface area (Å²) in [6, 6.07) is 23.4. The van der Waals surface area contributed by atoms with E-state index in [1.165, 1.54) is 22.3 Å². The predicted octanol–water partition coefficient (Wildman–Crippen LogP) is 5.71. The molecule has 0 spiro atoms. The average molecular weight is 422 g/mol. The molecule has 3 aromatic rings. The Morgan fingerprint density at radius 3 is 1.86 bits per heavy atom. The summed E-state index contributed by atoms with van der Waals surface area (Å²) in [5, 5.41) is 7.99. The summed E-state index contributed by atoms with van der Waals surface area (Å²) in [6.45, 7) is 3.67. The number of halogens is 2. The van der Waals surface area contributed by atoms with Crippen LogP contribution in [0.4, 0.5) is 0 Å². The normalized spacial score (nSPS) is 17.0. The first-order chi connectivity index (χ1) is 14.2. The van der Waals surface area contributed by atoms with E-state index >= 15 is 0 Å². The summed E-state index contributed by atoms with van der Waals surface area (Å²) in [6.07, 6.45) is 1.78. The van der Waals surface area contributed by atoms with E-state index in [1.807, 2.05) is 18.2 Å². The number of piperazine rings is 1. The number of fused-ring (bicyclic) bond motifs is 3. The van der Waals surface area contributed by atoms with Gasteiger partial charge in [-0.1, -0.05) is 77.8 Å². The van der Waals surface area contributed by atoms with Crippen LogP contribution in [0.5, 0.6) is 0 Å². The molecule has 2 aliphatic rings. The Morgan fingerprint density at radius 2 is 1.28 bits per heavy atom. The van der Waals surface area contributed by atoms with Crippen LogP contribution in [0.2, 0.25) is 10.0 Å². The van der Waals surface area contributed by atoms with Crippen LogP contribution < -0.4 is 0 Å². The Bertz CT molecular complexity index is 1010. The van der Waals surface area contributed by atoms with Gasteiger partial charge in [-0.3, -0.25) is 9.91 Å². The quantitative estimate of drug-likeness (QED) is 0.503. The van der Waals surface area contributed by atoms with Crippen molar-refractivity contribution >= 4 is 29.4 Å². The van der Waals surface area contributed by atoms with Crippen LogP contribution in [0.1, 0.15) is 22.7 Å². The maximum absolute atomic E-state index is 6.25. The van der Waals surface area contributed by atoms with Gasteiger partial charge in [0.1, 0.15) is 0 Å². The summed E-state index contributed by atoms with van der Waals surface area (Å²) in [5.74, 6) is 0. The lowest BCUT2D eigenvalue weighted by molar-refractivity contribution is 0.114. The van der Waals surface area contributed by atoms with Crippen LogP contribution in [0, 0.1) is 0 Å². The minimum atomic E-state index is 0.326.